The number of amides is 1. The molecular formula is C24H23F2N5O. The number of hydrogen-bond acceptors (Lipinski definition) is 5. The van der Waals surface area contributed by atoms with Gasteiger partial charge in [0.05, 0.1) is 24.6 Å². The van der Waals surface area contributed by atoms with Crippen LogP contribution in [0.2, 0.25) is 0 Å². The van der Waals surface area contributed by atoms with Crippen molar-refractivity contribution in [1.29, 1.82) is 5.41 Å². The molecule has 2 N–H and O–H groups in total. The summed E-state index contributed by atoms with van der Waals surface area (Å²) in [6, 6.07) is 10.6. The number of carbonyl (C=O) groups excluding carboxylic acids is 1. The van der Waals surface area contributed by atoms with Crippen molar-refractivity contribution in [2.45, 2.75) is 25.3 Å². The first-order chi connectivity index (χ1) is 15.2. The third kappa shape index (κ3) is 4.34. The summed E-state index contributed by atoms with van der Waals surface area (Å²) in [4.78, 5) is 22.2. The maximum absolute atomic E-state index is 13.8. The number of nitrogens with one attached hydrogen (secondary N) is 2. The van der Waals surface area contributed by atoms with E-state index in [0.29, 0.717) is 5.70 Å². The van der Waals surface area contributed by atoms with Crippen molar-refractivity contribution >= 4 is 28.2 Å². The number of aromatic nitrogens is 2. The Kier molecular flexibility index (Phi) is 5.69. The normalized spacial score (nSPS) is 17.3. The number of hydrogen-bond donors (Lipinski definition) is 2. The Bertz CT molecular complexity index is 1200. The third-order valence-corrected chi connectivity index (χ3v) is 5.62. The topological polar surface area (TPSA) is 82.0 Å². The second-order valence-corrected chi connectivity index (χ2v) is 7.94. The van der Waals surface area contributed by atoms with Gasteiger partial charge in [0.2, 0.25) is 5.91 Å². The van der Waals surface area contributed by atoms with Gasteiger partial charge in [0.15, 0.2) is 0 Å². The number of benzene rings is 1. The minimum absolute atomic E-state index is 0.0538. The SMILES string of the molecule is C=C(NCC(=O)N1CC(F)(F)C[C@H]1C(C)=N)c1ccnc2ccc(-c3ccncc3)cc12. The molecule has 0 radical (unpaired) electrons. The van der Waals surface area contributed by atoms with Gasteiger partial charge >= 0.3 is 0 Å². The molecule has 1 fully saturated rings. The number of alkyl halides is 2. The number of rotatable bonds is 6. The van der Waals surface area contributed by atoms with E-state index in [0.717, 1.165) is 32.5 Å². The quantitative estimate of drug-likeness (QED) is 0.571. The second-order valence-electron chi connectivity index (χ2n) is 7.94. The Morgan fingerprint density at radius 3 is 2.69 bits per heavy atom. The molecule has 3 heterocycles. The van der Waals surface area contributed by atoms with Crippen molar-refractivity contribution in [3.8, 4) is 11.1 Å². The van der Waals surface area contributed by atoms with Gasteiger partial charge in [-0.15, -0.1) is 0 Å². The first kappa shape index (κ1) is 21.5. The lowest BCUT2D eigenvalue weighted by Gasteiger charge is -2.24. The van der Waals surface area contributed by atoms with Crippen LogP contribution in [0, 0.1) is 5.41 Å². The third-order valence-electron chi connectivity index (χ3n) is 5.62. The summed E-state index contributed by atoms with van der Waals surface area (Å²) in [5.74, 6) is -3.47. The van der Waals surface area contributed by atoms with E-state index in [4.69, 9.17) is 5.41 Å². The molecule has 1 amide bonds. The Hall–Kier alpha value is -3.68. The maximum atomic E-state index is 13.8. The predicted octanol–water partition coefficient (Wildman–Crippen LogP) is 4.13. The molecular weight excluding hydrogens is 412 g/mol. The fourth-order valence-electron chi connectivity index (χ4n) is 3.98. The van der Waals surface area contributed by atoms with Crippen LogP contribution in [0.4, 0.5) is 8.78 Å². The zero-order valence-corrected chi connectivity index (χ0v) is 17.6. The monoisotopic (exact) mass is 435 g/mol. The van der Waals surface area contributed by atoms with E-state index in [1.54, 1.807) is 24.7 Å². The van der Waals surface area contributed by atoms with E-state index in [1.807, 2.05) is 30.3 Å². The van der Waals surface area contributed by atoms with Gasteiger partial charge in [-0.25, -0.2) is 8.78 Å². The van der Waals surface area contributed by atoms with Crippen molar-refractivity contribution in [3.63, 3.8) is 0 Å². The Morgan fingerprint density at radius 1 is 1.22 bits per heavy atom. The van der Waals surface area contributed by atoms with Gasteiger partial charge in [-0.05, 0) is 48.4 Å². The molecule has 0 aliphatic carbocycles. The minimum atomic E-state index is -2.98. The molecule has 0 bridgehead atoms. The molecule has 4 rings (SSSR count). The smallest absolute Gasteiger partial charge is 0.267 e. The van der Waals surface area contributed by atoms with Crippen LogP contribution < -0.4 is 5.32 Å². The molecule has 3 aromatic rings. The van der Waals surface area contributed by atoms with E-state index < -0.39 is 30.8 Å². The lowest BCUT2D eigenvalue weighted by molar-refractivity contribution is -0.131. The zero-order valence-electron chi connectivity index (χ0n) is 17.6. The van der Waals surface area contributed by atoms with Crippen LogP contribution in [0.1, 0.15) is 18.9 Å². The molecule has 8 heteroatoms. The molecule has 164 valence electrons. The summed E-state index contributed by atoms with van der Waals surface area (Å²) in [5.41, 5.74) is 4.08. The van der Waals surface area contributed by atoms with Gasteiger partial charge < -0.3 is 15.6 Å². The fourth-order valence-corrected chi connectivity index (χ4v) is 3.98. The lowest BCUT2D eigenvalue weighted by Crippen LogP contribution is -2.43. The first-order valence-corrected chi connectivity index (χ1v) is 10.2. The Morgan fingerprint density at radius 2 is 1.97 bits per heavy atom. The van der Waals surface area contributed by atoms with E-state index in [1.165, 1.54) is 6.92 Å². The van der Waals surface area contributed by atoms with E-state index in [9.17, 15) is 13.6 Å². The lowest BCUT2D eigenvalue weighted by atomic mass is 10.0. The minimum Gasteiger partial charge on any atom is -0.376 e. The van der Waals surface area contributed by atoms with E-state index in [-0.39, 0.29) is 12.3 Å². The van der Waals surface area contributed by atoms with Crippen LogP contribution in [-0.4, -0.2) is 51.5 Å². The highest BCUT2D eigenvalue weighted by Crippen LogP contribution is 2.33. The number of likely N-dealkylation sites (tertiary alicyclic amines) is 1. The molecule has 1 atom stereocenters. The number of carbonyl (C=O) groups is 1. The van der Waals surface area contributed by atoms with Crippen LogP contribution >= 0.6 is 0 Å². The fraction of sp³-hybridized carbons (Fsp3) is 0.250. The number of fused-ring (bicyclic) bond motifs is 1. The number of nitrogens with zero attached hydrogens (tertiary/aromatic N) is 3. The molecule has 1 aliphatic rings. The molecule has 1 aromatic carbocycles. The Labute approximate surface area is 184 Å². The van der Waals surface area contributed by atoms with Gasteiger partial charge in [0.1, 0.15) is 0 Å². The molecule has 0 saturated carbocycles. The largest absolute Gasteiger partial charge is 0.376 e. The highest BCUT2D eigenvalue weighted by Gasteiger charge is 2.47. The van der Waals surface area contributed by atoms with Crippen molar-refractivity contribution < 1.29 is 13.6 Å². The molecule has 6 nitrogen and oxygen atoms in total. The van der Waals surface area contributed by atoms with Crippen LogP contribution in [-0.2, 0) is 4.79 Å². The average Bonchev–Trinajstić information content (AvgIpc) is 3.13. The first-order valence-electron chi connectivity index (χ1n) is 10.2. The summed E-state index contributed by atoms with van der Waals surface area (Å²) in [5, 5.41) is 11.6. The summed E-state index contributed by atoms with van der Waals surface area (Å²) in [6.07, 6.45) is 4.59. The summed E-state index contributed by atoms with van der Waals surface area (Å²) in [7, 11) is 0. The zero-order chi connectivity index (χ0) is 22.9. The highest BCUT2D eigenvalue weighted by molar-refractivity contribution is 5.95. The second kappa shape index (κ2) is 8.45. The van der Waals surface area contributed by atoms with Crippen LogP contribution in [0.15, 0.2) is 61.6 Å². The van der Waals surface area contributed by atoms with Crippen molar-refractivity contribution in [2.75, 3.05) is 13.1 Å². The van der Waals surface area contributed by atoms with Gasteiger partial charge in [-0.3, -0.25) is 14.8 Å². The van der Waals surface area contributed by atoms with Crippen molar-refractivity contribution in [1.82, 2.24) is 20.2 Å². The number of pyridine rings is 2. The van der Waals surface area contributed by atoms with Crippen molar-refractivity contribution in [2.24, 2.45) is 0 Å². The standard InChI is InChI=1S/C24H23F2N5O/c1-15(27)22-12-24(25,26)14-31(22)23(32)13-30-16(2)19-7-10-29-21-4-3-18(11-20(19)21)17-5-8-28-9-6-17/h3-11,22,27,30H,2,12-14H2,1H3/t22-/m0/s1. The molecule has 0 spiro atoms. The van der Waals surface area contributed by atoms with E-state index in [2.05, 4.69) is 21.9 Å². The predicted molar refractivity (Wildman–Crippen MR) is 120 cm³/mol. The van der Waals surface area contributed by atoms with Crippen molar-refractivity contribution in [3.05, 3.63) is 67.1 Å². The van der Waals surface area contributed by atoms with Gasteiger partial charge in [0.25, 0.3) is 5.92 Å². The Balaban J connectivity index is 1.54. The van der Waals surface area contributed by atoms with Crippen LogP contribution in [0.5, 0.6) is 0 Å². The molecule has 2 aromatic heterocycles. The highest BCUT2D eigenvalue weighted by atomic mass is 19.3. The maximum Gasteiger partial charge on any atom is 0.267 e. The average molecular weight is 435 g/mol. The van der Waals surface area contributed by atoms with Gasteiger partial charge in [-0.2, -0.15) is 0 Å². The summed E-state index contributed by atoms with van der Waals surface area (Å²) < 4.78 is 27.7. The number of halogens is 2. The molecule has 1 aliphatic heterocycles. The van der Waals surface area contributed by atoms with E-state index >= 15 is 0 Å². The summed E-state index contributed by atoms with van der Waals surface area (Å²) in [6.45, 7) is 4.64. The molecule has 32 heavy (non-hydrogen) atoms. The van der Waals surface area contributed by atoms with Crippen LogP contribution in [0.3, 0.4) is 0 Å². The summed E-state index contributed by atoms with van der Waals surface area (Å²) >= 11 is 0. The van der Waals surface area contributed by atoms with Gasteiger partial charge in [-0.1, -0.05) is 12.6 Å². The molecule has 1 saturated heterocycles. The van der Waals surface area contributed by atoms with Crippen LogP contribution in [0.25, 0.3) is 27.7 Å². The van der Waals surface area contributed by atoms with Gasteiger partial charge in [0, 0.05) is 47.4 Å². The molecule has 0 unspecified atom stereocenters.